The molecule has 2 aromatic rings. The summed E-state index contributed by atoms with van der Waals surface area (Å²) < 4.78 is 0. The lowest BCUT2D eigenvalue weighted by molar-refractivity contribution is 0.762. The molecule has 15 heavy (non-hydrogen) atoms. The second-order valence-corrected chi connectivity index (χ2v) is 3.44. The van der Waals surface area contributed by atoms with Gasteiger partial charge < -0.3 is 5.32 Å². The van der Waals surface area contributed by atoms with Crippen molar-refractivity contribution in [2.75, 3.05) is 6.54 Å². The first-order chi connectivity index (χ1) is 7.42. The Morgan fingerprint density at radius 3 is 3.00 bits per heavy atom. The van der Waals surface area contributed by atoms with Gasteiger partial charge in [0, 0.05) is 30.9 Å². The van der Waals surface area contributed by atoms with Gasteiger partial charge in [0.05, 0.1) is 0 Å². The molecule has 0 aliphatic rings. The van der Waals surface area contributed by atoms with E-state index in [0.29, 0.717) is 0 Å². The molecule has 1 heterocycles. The minimum atomic E-state index is 0.823. The second-order valence-electron chi connectivity index (χ2n) is 3.44. The van der Waals surface area contributed by atoms with E-state index in [1.54, 1.807) is 0 Å². The van der Waals surface area contributed by atoms with Gasteiger partial charge in [0.1, 0.15) is 0 Å². The summed E-state index contributed by atoms with van der Waals surface area (Å²) >= 11 is 0. The molecule has 1 N–H and O–H groups in total. The van der Waals surface area contributed by atoms with Crippen molar-refractivity contribution in [3.05, 3.63) is 54.9 Å². The van der Waals surface area contributed by atoms with E-state index in [0.717, 1.165) is 13.1 Å². The van der Waals surface area contributed by atoms with Crippen LogP contribution in [0.1, 0.15) is 5.56 Å². The molecule has 1 aromatic carbocycles. The Kier molecular flexibility index (Phi) is 3.10. The van der Waals surface area contributed by atoms with Crippen LogP contribution in [0, 0.1) is 0 Å². The Morgan fingerprint density at radius 1 is 1.27 bits per heavy atom. The molecule has 76 valence electrons. The van der Waals surface area contributed by atoms with Crippen LogP contribution in [0.15, 0.2) is 49.3 Å². The van der Waals surface area contributed by atoms with Gasteiger partial charge in [-0.3, -0.25) is 4.98 Å². The fourth-order valence-electron chi connectivity index (χ4n) is 1.63. The smallest absolute Gasteiger partial charge is 0.0346 e. The van der Waals surface area contributed by atoms with Gasteiger partial charge in [0.2, 0.25) is 0 Å². The minimum absolute atomic E-state index is 0.823. The van der Waals surface area contributed by atoms with Crippen LogP contribution in [0.4, 0.5) is 0 Å². The average molecular weight is 198 g/mol. The summed E-state index contributed by atoms with van der Waals surface area (Å²) in [4.78, 5) is 4.23. The second kappa shape index (κ2) is 4.71. The number of pyridine rings is 1. The number of nitrogens with one attached hydrogen (secondary N) is 1. The molecular formula is C13H14N2. The molecule has 0 fully saturated rings. The lowest BCUT2D eigenvalue weighted by Crippen LogP contribution is -2.12. The molecule has 2 heteroatoms. The van der Waals surface area contributed by atoms with Crippen LogP contribution >= 0.6 is 0 Å². The van der Waals surface area contributed by atoms with Gasteiger partial charge in [-0.2, -0.15) is 0 Å². The van der Waals surface area contributed by atoms with Crippen molar-refractivity contribution in [3.8, 4) is 0 Å². The topological polar surface area (TPSA) is 24.9 Å². The predicted molar refractivity (Wildman–Crippen MR) is 63.6 cm³/mol. The molecular weight excluding hydrogens is 184 g/mol. The quantitative estimate of drug-likeness (QED) is 0.603. The van der Waals surface area contributed by atoms with Gasteiger partial charge in [0.15, 0.2) is 0 Å². The van der Waals surface area contributed by atoms with Crippen molar-refractivity contribution < 1.29 is 0 Å². The van der Waals surface area contributed by atoms with Gasteiger partial charge in [-0.05, 0) is 10.9 Å². The van der Waals surface area contributed by atoms with E-state index >= 15 is 0 Å². The number of fused-ring (bicyclic) bond motifs is 1. The van der Waals surface area contributed by atoms with E-state index in [1.807, 2.05) is 24.5 Å². The molecule has 0 bridgehead atoms. The van der Waals surface area contributed by atoms with Crippen molar-refractivity contribution in [1.29, 1.82) is 0 Å². The molecule has 0 radical (unpaired) electrons. The van der Waals surface area contributed by atoms with Crippen molar-refractivity contribution in [3.63, 3.8) is 0 Å². The van der Waals surface area contributed by atoms with Gasteiger partial charge in [-0.25, -0.2) is 0 Å². The van der Waals surface area contributed by atoms with Crippen LogP contribution in [0.2, 0.25) is 0 Å². The monoisotopic (exact) mass is 198 g/mol. The summed E-state index contributed by atoms with van der Waals surface area (Å²) in [6.07, 6.45) is 5.67. The highest BCUT2D eigenvalue weighted by molar-refractivity contribution is 5.84. The molecule has 0 saturated heterocycles. The zero-order chi connectivity index (χ0) is 10.5. The highest BCUT2D eigenvalue weighted by Gasteiger charge is 1.99. The normalized spacial score (nSPS) is 10.4. The first-order valence-corrected chi connectivity index (χ1v) is 5.05. The maximum atomic E-state index is 4.23. The van der Waals surface area contributed by atoms with E-state index in [1.165, 1.54) is 16.3 Å². The van der Waals surface area contributed by atoms with Crippen molar-refractivity contribution >= 4 is 10.8 Å². The van der Waals surface area contributed by atoms with Crippen LogP contribution in [-0.4, -0.2) is 11.5 Å². The molecule has 1 aromatic heterocycles. The summed E-state index contributed by atoms with van der Waals surface area (Å²) in [6, 6.07) is 8.30. The Bertz CT molecular complexity index is 458. The lowest BCUT2D eigenvalue weighted by atomic mass is 10.1. The third kappa shape index (κ3) is 2.22. The van der Waals surface area contributed by atoms with Gasteiger partial charge >= 0.3 is 0 Å². The van der Waals surface area contributed by atoms with Crippen molar-refractivity contribution in [2.45, 2.75) is 6.54 Å². The highest BCUT2D eigenvalue weighted by Crippen LogP contribution is 2.16. The maximum absolute atomic E-state index is 4.23. The summed E-state index contributed by atoms with van der Waals surface area (Å²) in [7, 11) is 0. The van der Waals surface area contributed by atoms with E-state index < -0.39 is 0 Å². The van der Waals surface area contributed by atoms with Crippen LogP contribution in [0.5, 0.6) is 0 Å². The van der Waals surface area contributed by atoms with E-state index in [2.05, 4.69) is 35.1 Å². The number of rotatable bonds is 4. The SMILES string of the molecule is C=CCNCc1cncc2ccccc12. The summed E-state index contributed by atoms with van der Waals surface area (Å²) in [5.74, 6) is 0. The molecule has 0 aliphatic carbocycles. The zero-order valence-corrected chi connectivity index (χ0v) is 8.61. The van der Waals surface area contributed by atoms with Gasteiger partial charge in [-0.1, -0.05) is 30.3 Å². The number of hydrogen-bond acceptors (Lipinski definition) is 2. The van der Waals surface area contributed by atoms with E-state index in [-0.39, 0.29) is 0 Å². The van der Waals surface area contributed by atoms with Gasteiger partial charge in [0.25, 0.3) is 0 Å². The molecule has 2 nitrogen and oxygen atoms in total. The highest BCUT2D eigenvalue weighted by atomic mass is 14.8. The molecule has 0 amide bonds. The summed E-state index contributed by atoms with van der Waals surface area (Å²) in [5.41, 5.74) is 1.23. The number of benzene rings is 1. The fourth-order valence-corrected chi connectivity index (χ4v) is 1.63. The van der Waals surface area contributed by atoms with E-state index in [9.17, 15) is 0 Å². The third-order valence-corrected chi connectivity index (χ3v) is 2.35. The molecule has 0 atom stereocenters. The predicted octanol–water partition coefficient (Wildman–Crippen LogP) is 2.51. The minimum Gasteiger partial charge on any atom is -0.309 e. The molecule has 0 saturated carbocycles. The average Bonchev–Trinajstić information content (AvgIpc) is 2.30. The largest absolute Gasteiger partial charge is 0.309 e. The Balaban J connectivity index is 2.30. The van der Waals surface area contributed by atoms with E-state index in [4.69, 9.17) is 0 Å². The molecule has 0 spiro atoms. The number of nitrogens with zero attached hydrogens (tertiary/aromatic N) is 1. The zero-order valence-electron chi connectivity index (χ0n) is 8.61. The van der Waals surface area contributed by atoms with Crippen LogP contribution < -0.4 is 5.32 Å². The van der Waals surface area contributed by atoms with Crippen LogP contribution in [0.25, 0.3) is 10.8 Å². The fraction of sp³-hybridized carbons (Fsp3) is 0.154. The van der Waals surface area contributed by atoms with Crippen molar-refractivity contribution in [2.24, 2.45) is 0 Å². The molecule has 0 unspecified atom stereocenters. The first kappa shape index (κ1) is 9.87. The Labute approximate surface area is 89.7 Å². The van der Waals surface area contributed by atoms with Crippen LogP contribution in [-0.2, 0) is 6.54 Å². The van der Waals surface area contributed by atoms with Crippen molar-refractivity contribution in [1.82, 2.24) is 10.3 Å². The summed E-state index contributed by atoms with van der Waals surface area (Å²) in [5, 5.41) is 5.74. The number of aromatic nitrogens is 1. The van der Waals surface area contributed by atoms with Crippen LogP contribution in [0.3, 0.4) is 0 Å². The third-order valence-electron chi connectivity index (χ3n) is 2.35. The lowest BCUT2D eigenvalue weighted by Gasteiger charge is -2.05. The number of hydrogen-bond donors (Lipinski definition) is 1. The standard InChI is InChI=1S/C13H14N2/c1-2-7-14-9-12-10-15-8-11-5-3-4-6-13(11)12/h2-6,8,10,14H,1,7,9H2. The molecule has 0 aliphatic heterocycles. The Hall–Kier alpha value is -1.67. The van der Waals surface area contributed by atoms with Gasteiger partial charge in [-0.15, -0.1) is 6.58 Å². The summed E-state index contributed by atoms with van der Waals surface area (Å²) in [6.45, 7) is 5.33. The first-order valence-electron chi connectivity index (χ1n) is 5.05. The maximum Gasteiger partial charge on any atom is 0.0346 e. The Morgan fingerprint density at radius 2 is 2.13 bits per heavy atom. The molecule has 2 rings (SSSR count).